The van der Waals surface area contributed by atoms with E-state index in [9.17, 15) is 4.79 Å². The number of carbonyl (C=O) groups excluding carboxylic acids is 1. The highest BCUT2D eigenvalue weighted by Gasteiger charge is 2.55. The Kier molecular flexibility index (Phi) is 4.21. The molecule has 2 aromatic rings. The number of piperazine rings is 1. The summed E-state index contributed by atoms with van der Waals surface area (Å²) in [5, 5.41) is 0.721. The van der Waals surface area contributed by atoms with E-state index >= 15 is 0 Å². The monoisotopic (exact) mass is 412 g/mol. The number of amides is 1. The lowest BCUT2D eigenvalue weighted by atomic mass is 9.49. The quantitative estimate of drug-likeness (QED) is 0.768. The first-order valence-corrected chi connectivity index (χ1v) is 11.6. The lowest BCUT2D eigenvalue weighted by Gasteiger charge is -2.57. The van der Waals surface area contributed by atoms with E-state index < -0.39 is 0 Å². The smallest absolute Gasteiger partial charge is 0.228 e. The van der Waals surface area contributed by atoms with Gasteiger partial charge in [0.2, 0.25) is 5.91 Å². The van der Waals surface area contributed by atoms with Crippen molar-refractivity contribution in [1.29, 1.82) is 0 Å². The van der Waals surface area contributed by atoms with Crippen LogP contribution >= 0.6 is 11.6 Å². The first-order chi connectivity index (χ1) is 14.1. The number of nitrogens with zero attached hydrogens (tertiary/aromatic N) is 4. The number of hydrogen-bond acceptors (Lipinski definition) is 3. The molecule has 0 aromatic carbocycles. The highest BCUT2D eigenvalue weighted by Crippen LogP contribution is 2.60. The van der Waals surface area contributed by atoms with Crippen LogP contribution in [0.3, 0.4) is 0 Å². The molecular formula is C23H29ClN4O. The van der Waals surface area contributed by atoms with Crippen molar-refractivity contribution in [2.24, 2.45) is 23.2 Å². The first-order valence-electron chi connectivity index (χ1n) is 11.2. The van der Waals surface area contributed by atoms with Gasteiger partial charge in [0.15, 0.2) is 0 Å². The van der Waals surface area contributed by atoms with Gasteiger partial charge in [0.05, 0.1) is 16.1 Å². The molecule has 0 atom stereocenters. The Morgan fingerprint density at radius 3 is 2.31 bits per heavy atom. The molecule has 0 unspecified atom stereocenters. The van der Waals surface area contributed by atoms with Crippen molar-refractivity contribution < 1.29 is 4.79 Å². The fraction of sp³-hybridized carbons (Fsp3) is 0.652. The summed E-state index contributed by atoms with van der Waals surface area (Å²) >= 11 is 6.08. The number of rotatable bonds is 3. The highest BCUT2D eigenvalue weighted by atomic mass is 35.5. The fourth-order valence-corrected chi connectivity index (χ4v) is 7.31. The van der Waals surface area contributed by atoms with Crippen molar-refractivity contribution in [1.82, 2.24) is 19.2 Å². The summed E-state index contributed by atoms with van der Waals surface area (Å²) in [4.78, 5) is 22.9. The van der Waals surface area contributed by atoms with Gasteiger partial charge in [0.1, 0.15) is 5.65 Å². The molecule has 0 spiro atoms. The summed E-state index contributed by atoms with van der Waals surface area (Å²) in [6.07, 6.45) is 11.6. The number of fused-ring (bicyclic) bond motifs is 1. The van der Waals surface area contributed by atoms with E-state index in [0.717, 1.165) is 66.8 Å². The van der Waals surface area contributed by atoms with Crippen LogP contribution < -0.4 is 0 Å². The Morgan fingerprint density at radius 2 is 1.66 bits per heavy atom. The standard InChI is InChI=1S/C23H29ClN4O/c24-19-1-2-21-25-20(15-28(21)13-19)14-26-3-5-27(6-4-26)22(29)23-10-16-7-17(11-23)9-18(8-16)12-23/h1-2,13,15-18H,3-12,14H2. The van der Waals surface area contributed by atoms with Gasteiger partial charge in [-0.25, -0.2) is 4.98 Å². The highest BCUT2D eigenvalue weighted by molar-refractivity contribution is 6.30. The number of carbonyl (C=O) groups is 1. The molecule has 2 aromatic heterocycles. The van der Waals surface area contributed by atoms with E-state index in [-0.39, 0.29) is 5.41 Å². The number of aromatic nitrogens is 2. The van der Waals surface area contributed by atoms with E-state index in [1.807, 2.05) is 22.7 Å². The summed E-state index contributed by atoms with van der Waals surface area (Å²) < 4.78 is 1.99. The van der Waals surface area contributed by atoms with Gasteiger partial charge in [-0.1, -0.05) is 11.6 Å². The second-order valence-electron chi connectivity index (χ2n) is 10.1. The molecule has 7 rings (SSSR count). The molecule has 4 saturated carbocycles. The number of halogens is 1. The van der Waals surface area contributed by atoms with E-state index in [0.29, 0.717) is 5.91 Å². The molecule has 1 saturated heterocycles. The molecule has 0 N–H and O–H groups in total. The van der Waals surface area contributed by atoms with Crippen LogP contribution in [0.1, 0.15) is 44.2 Å². The van der Waals surface area contributed by atoms with E-state index in [2.05, 4.69) is 16.0 Å². The van der Waals surface area contributed by atoms with Gasteiger partial charge in [-0.05, 0) is 68.4 Å². The van der Waals surface area contributed by atoms with Gasteiger partial charge in [-0.15, -0.1) is 0 Å². The Labute approximate surface area is 177 Å². The zero-order valence-electron chi connectivity index (χ0n) is 16.9. The number of pyridine rings is 1. The summed E-state index contributed by atoms with van der Waals surface area (Å²) in [6, 6.07) is 3.83. The minimum Gasteiger partial charge on any atom is -0.340 e. The van der Waals surface area contributed by atoms with Gasteiger partial charge in [-0.3, -0.25) is 9.69 Å². The predicted octanol–water partition coefficient (Wildman–Crippen LogP) is 3.85. The van der Waals surface area contributed by atoms with E-state index in [4.69, 9.17) is 16.6 Å². The van der Waals surface area contributed by atoms with Crippen LogP contribution in [0.2, 0.25) is 5.02 Å². The zero-order valence-corrected chi connectivity index (χ0v) is 17.7. The van der Waals surface area contributed by atoms with Crippen LogP contribution in [0.5, 0.6) is 0 Å². The number of imidazole rings is 1. The predicted molar refractivity (Wildman–Crippen MR) is 113 cm³/mol. The Hall–Kier alpha value is -1.59. The molecule has 0 radical (unpaired) electrons. The third kappa shape index (κ3) is 3.17. The molecule has 1 amide bonds. The maximum atomic E-state index is 13.5. The van der Waals surface area contributed by atoms with Gasteiger partial charge in [-0.2, -0.15) is 0 Å². The SMILES string of the molecule is O=C(N1CCN(Cc2cn3cc(Cl)ccc3n2)CC1)C12CC3CC(CC(C3)C1)C2. The minimum absolute atomic E-state index is 0.00220. The maximum absolute atomic E-state index is 13.5. The third-order valence-corrected chi connectivity index (χ3v) is 8.23. The fourth-order valence-electron chi connectivity index (χ4n) is 7.14. The summed E-state index contributed by atoms with van der Waals surface area (Å²) in [5.41, 5.74) is 1.99. The lowest BCUT2D eigenvalue weighted by Crippen LogP contribution is -2.58. The normalized spacial score (nSPS) is 34.2. The van der Waals surface area contributed by atoms with Crippen LogP contribution in [0.25, 0.3) is 5.65 Å². The Balaban J connectivity index is 1.10. The molecule has 6 heteroatoms. The van der Waals surface area contributed by atoms with Crippen LogP contribution in [0.15, 0.2) is 24.5 Å². The van der Waals surface area contributed by atoms with E-state index in [1.165, 1.54) is 38.5 Å². The molecule has 5 nitrogen and oxygen atoms in total. The second-order valence-corrected chi connectivity index (χ2v) is 10.5. The summed E-state index contributed by atoms with van der Waals surface area (Å²) in [6.45, 7) is 4.43. The molecule has 4 bridgehead atoms. The topological polar surface area (TPSA) is 40.9 Å². The average Bonchev–Trinajstić information content (AvgIpc) is 3.08. The first kappa shape index (κ1) is 18.2. The zero-order chi connectivity index (χ0) is 19.6. The lowest BCUT2D eigenvalue weighted by molar-refractivity contribution is -0.159. The van der Waals surface area contributed by atoms with Crippen LogP contribution in [0, 0.1) is 23.2 Å². The average molecular weight is 413 g/mol. The van der Waals surface area contributed by atoms with Crippen molar-refractivity contribution in [3.63, 3.8) is 0 Å². The molecule has 3 heterocycles. The van der Waals surface area contributed by atoms with Gasteiger partial charge in [0.25, 0.3) is 0 Å². The molecule has 29 heavy (non-hydrogen) atoms. The van der Waals surface area contributed by atoms with Crippen LogP contribution in [-0.4, -0.2) is 51.3 Å². The van der Waals surface area contributed by atoms with Gasteiger partial charge >= 0.3 is 0 Å². The molecule has 1 aliphatic heterocycles. The van der Waals surface area contributed by atoms with E-state index in [1.54, 1.807) is 0 Å². The second kappa shape index (κ2) is 6.71. The summed E-state index contributed by atoms with van der Waals surface area (Å²) in [5.74, 6) is 2.97. The maximum Gasteiger partial charge on any atom is 0.228 e. The van der Waals surface area contributed by atoms with Crippen molar-refractivity contribution in [2.75, 3.05) is 26.2 Å². The summed E-state index contributed by atoms with van der Waals surface area (Å²) in [7, 11) is 0. The van der Waals surface area contributed by atoms with Crippen molar-refractivity contribution in [3.05, 3.63) is 35.2 Å². The molecule has 5 fully saturated rings. The van der Waals surface area contributed by atoms with Crippen molar-refractivity contribution in [2.45, 2.75) is 45.1 Å². The minimum atomic E-state index is -0.00220. The van der Waals surface area contributed by atoms with Gasteiger partial charge in [0, 0.05) is 45.1 Å². The Morgan fingerprint density at radius 1 is 1.00 bits per heavy atom. The van der Waals surface area contributed by atoms with Crippen molar-refractivity contribution in [3.8, 4) is 0 Å². The van der Waals surface area contributed by atoms with Gasteiger partial charge < -0.3 is 9.30 Å². The van der Waals surface area contributed by atoms with Crippen molar-refractivity contribution >= 4 is 23.2 Å². The number of hydrogen-bond donors (Lipinski definition) is 0. The van der Waals surface area contributed by atoms with Crippen LogP contribution in [-0.2, 0) is 11.3 Å². The molecular weight excluding hydrogens is 384 g/mol. The Bertz CT molecular complexity index is 910. The molecule has 4 aliphatic carbocycles. The molecule has 5 aliphatic rings. The molecule has 154 valence electrons. The van der Waals surface area contributed by atoms with Crippen LogP contribution in [0.4, 0.5) is 0 Å². The largest absolute Gasteiger partial charge is 0.340 e. The third-order valence-electron chi connectivity index (χ3n) is 8.00.